The SMILES string of the molecule is NCc1ccc(NC(=O)c2ccccc2F)nc1. The number of pyridine rings is 1. The number of hydrogen-bond acceptors (Lipinski definition) is 3. The minimum absolute atomic E-state index is 0.0119. The van der Waals surface area contributed by atoms with E-state index in [2.05, 4.69) is 10.3 Å². The Morgan fingerprint density at radius 2 is 2.06 bits per heavy atom. The number of halogens is 1. The van der Waals surface area contributed by atoms with Crippen LogP contribution in [0.5, 0.6) is 0 Å². The molecule has 1 aromatic heterocycles. The van der Waals surface area contributed by atoms with Crippen LogP contribution in [0, 0.1) is 5.82 Å². The highest BCUT2D eigenvalue weighted by atomic mass is 19.1. The smallest absolute Gasteiger partial charge is 0.259 e. The third-order valence-corrected chi connectivity index (χ3v) is 2.42. The number of carbonyl (C=O) groups excluding carboxylic acids is 1. The number of nitrogens with two attached hydrogens (primary N) is 1. The number of nitrogens with one attached hydrogen (secondary N) is 1. The van der Waals surface area contributed by atoms with Crippen LogP contribution in [0.4, 0.5) is 10.2 Å². The predicted molar refractivity (Wildman–Crippen MR) is 66.5 cm³/mol. The van der Waals surface area contributed by atoms with Crippen LogP contribution < -0.4 is 11.1 Å². The molecule has 0 aliphatic rings. The van der Waals surface area contributed by atoms with Gasteiger partial charge in [-0.05, 0) is 23.8 Å². The Morgan fingerprint density at radius 1 is 1.28 bits per heavy atom. The van der Waals surface area contributed by atoms with Gasteiger partial charge in [-0.15, -0.1) is 0 Å². The molecule has 1 aromatic carbocycles. The summed E-state index contributed by atoms with van der Waals surface area (Å²) in [4.78, 5) is 15.8. The predicted octanol–water partition coefficient (Wildman–Crippen LogP) is 1.93. The quantitative estimate of drug-likeness (QED) is 0.868. The Kier molecular flexibility index (Phi) is 3.64. The van der Waals surface area contributed by atoms with E-state index < -0.39 is 11.7 Å². The number of amides is 1. The number of carbonyl (C=O) groups is 1. The minimum Gasteiger partial charge on any atom is -0.326 e. The summed E-state index contributed by atoms with van der Waals surface area (Å²) >= 11 is 0. The van der Waals surface area contributed by atoms with E-state index in [4.69, 9.17) is 5.73 Å². The summed E-state index contributed by atoms with van der Waals surface area (Å²) in [5.41, 5.74) is 6.28. The second kappa shape index (κ2) is 5.37. The largest absolute Gasteiger partial charge is 0.326 e. The van der Waals surface area contributed by atoms with Crippen LogP contribution in [0.15, 0.2) is 42.6 Å². The second-order valence-corrected chi connectivity index (χ2v) is 3.69. The van der Waals surface area contributed by atoms with Gasteiger partial charge in [0.2, 0.25) is 0 Å². The monoisotopic (exact) mass is 245 g/mol. The maximum absolute atomic E-state index is 13.4. The van der Waals surface area contributed by atoms with Gasteiger partial charge in [0.25, 0.3) is 5.91 Å². The van der Waals surface area contributed by atoms with Crippen molar-refractivity contribution in [2.45, 2.75) is 6.54 Å². The van der Waals surface area contributed by atoms with Crippen LogP contribution in [-0.4, -0.2) is 10.9 Å². The molecule has 0 aliphatic heterocycles. The van der Waals surface area contributed by atoms with Crippen LogP contribution in [0.2, 0.25) is 0 Å². The van der Waals surface area contributed by atoms with Crippen LogP contribution in [0.1, 0.15) is 15.9 Å². The fourth-order valence-electron chi connectivity index (χ4n) is 1.45. The zero-order valence-electron chi connectivity index (χ0n) is 9.56. The standard InChI is InChI=1S/C13H12FN3O/c14-11-4-2-1-3-10(11)13(18)17-12-6-5-9(7-15)8-16-12/h1-6,8H,7,15H2,(H,16,17,18). The molecule has 1 heterocycles. The summed E-state index contributed by atoms with van der Waals surface area (Å²) in [7, 11) is 0. The Bertz CT molecular complexity index is 554. The lowest BCUT2D eigenvalue weighted by molar-refractivity contribution is 0.102. The number of aromatic nitrogens is 1. The lowest BCUT2D eigenvalue weighted by Gasteiger charge is -2.05. The zero-order valence-corrected chi connectivity index (χ0v) is 9.56. The van der Waals surface area contributed by atoms with Gasteiger partial charge < -0.3 is 11.1 Å². The molecule has 1 amide bonds. The van der Waals surface area contributed by atoms with E-state index in [9.17, 15) is 9.18 Å². The van der Waals surface area contributed by atoms with Crippen molar-refractivity contribution in [1.82, 2.24) is 4.98 Å². The van der Waals surface area contributed by atoms with Crippen LogP contribution >= 0.6 is 0 Å². The molecule has 0 spiro atoms. The van der Waals surface area contributed by atoms with Crippen molar-refractivity contribution in [3.05, 3.63) is 59.5 Å². The van der Waals surface area contributed by atoms with Crippen molar-refractivity contribution in [1.29, 1.82) is 0 Å². The first-order valence-electron chi connectivity index (χ1n) is 5.41. The van der Waals surface area contributed by atoms with E-state index in [-0.39, 0.29) is 5.56 Å². The van der Waals surface area contributed by atoms with Gasteiger partial charge in [0.05, 0.1) is 5.56 Å². The molecule has 4 nitrogen and oxygen atoms in total. The Balaban J connectivity index is 2.14. The highest BCUT2D eigenvalue weighted by Crippen LogP contribution is 2.10. The number of hydrogen-bond donors (Lipinski definition) is 2. The number of nitrogens with zero attached hydrogens (tertiary/aromatic N) is 1. The van der Waals surface area contributed by atoms with Gasteiger partial charge in [-0.1, -0.05) is 18.2 Å². The molecule has 0 fully saturated rings. The molecule has 0 bridgehead atoms. The van der Waals surface area contributed by atoms with E-state index in [1.165, 1.54) is 18.2 Å². The number of rotatable bonds is 3. The molecule has 0 radical (unpaired) electrons. The number of anilines is 1. The van der Waals surface area contributed by atoms with Crippen molar-refractivity contribution in [2.24, 2.45) is 5.73 Å². The molecule has 3 N–H and O–H groups in total. The molecule has 0 atom stereocenters. The highest BCUT2D eigenvalue weighted by Gasteiger charge is 2.11. The molecular weight excluding hydrogens is 233 g/mol. The summed E-state index contributed by atoms with van der Waals surface area (Å²) in [5.74, 6) is -0.727. The summed E-state index contributed by atoms with van der Waals surface area (Å²) in [5, 5.41) is 2.52. The summed E-state index contributed by atoms with van der Waals surface area (Å²) in [6.07, 6.45) is 1.57. The molecule has 0 saturated heterocycles. The third-order valence-electron chi connectivity index (χ3n) is 2.42. The molecule has 92 valence electrons. The fraction of sp³-hybridized carbons (Fsp3) is 0.0769. The average molecular weight is 245 g/mol. The van der Waals surface area contributed by atoms with E-state index in [1.54, 1.807) is 24.4 Å². The summed E-state index contributed by atoms with van der Waals surface area (Å²) < 4.78 is 13.4. The minimum atomic E-state index is -0.562. The van der Waals surface area contributed by atoms with Gasteiger partial charge >= 0.3 is 0 Å². The maximum Gasteiger partial charge on any atom is 0.259 e. The van der Waals surface area contributed by atoms with Crippen molar-refractivity contribution in [3.63, 3.8) is 0 Å². The Labute approximate surface area is 104 Å². The molecule has 0 aliphatic carbocycles. The van der Waals surface area contributed by atoms with E-state index in [0.29, 0.717) is 12.4 Å². The van der Waals surface area contributed by atoms with Crippen LogP contribution in [0.3, 0.4) is 0 Å². The molecule has 5 heteroatoms. The van der Waals surface area contributed by atoms with Gasteiger partial charge in [0.1, 0.15) is 11.6 Å². The molecule has 18 heavy (non-hydrogen) atoms. The van der Waals surface area contributed by atoms with E-state index >= 15 is 0 Å². The first kappa shape index (κ1) is 12.2. The molecule has 2 rings (SSSR count). The fourth-order valence-corrected chi connectivity index (χ4v) is 1.45. The molecular formula is C13H12FN3O. The normalized spacial score (nSPS) is 10.1. The summed E-state index contributed by atoms with van der Waals surface area (Å²) in [6, 6.07) is 9.16. The molecule has 0 saturated carbocycles. The Morgan fingerprint density at radius 3 is 2.67 bits per heavy atom. The maximum atomic E-state index is 13.4. The van der Waals surface area contributed by atoms with Crippen molar-refractivity contribution in [3.8, 4) is 0 Å². The molecule has 0 unspecified atom stereocenters. The van der Waals surface area contributed by atoms with Gasteiger partial charge in [-0.2, -0.15) is 0 Å². The topological polar surface area (TPSA) is 68.0 Å². The van der Waals surface area contributed by atoms with Crippen molar-refractivity contribution < 1.29 is 9.18 Å². The van der Waals surface area contributed by atoms with E-state index in [0.717, 1.165) is 5.56 Å². The van der Waals surface area contributed by atoms with Crippen molar-refractivity contribution >= 4 is 11.7 Å². The van der Waals surface area contributed by atoms with Crippen LogP contribution in [0.25, 0.3) is 0 Å². The van der Waals surface area contributed by atoms with Crippen LogP contribution in [-0.2, 0) is 6.54 Å². The lowest BCUT2D eigenvalue weighted by atomic mass is 10.2. The van der Waals surface area contributed by atoms with Gasteiger partial charge in [-0.25, -0.2) is 9.37 Å². The first-order valence-corrected chi connectivity index (χ1v) is 5.41. The first-order chi connectivity index (χ1) is 8.70. The van der Waals surface area contributed by atoms with Gasteiger partial charge in [0, 0.05) is 12.7 Å². The highest BCUT2D eigenvalue weighted by molar-refractivity contribution is 6.03. The Hall–Kier alpha value is -2.27. The van der Waals surface area contributed by atoms with E-state index in [1.807, 2.05) is 0 Å². The number of benzene rings is 1. The molecule has 2 aromatic rings. The van der Waals surface area contributed by atoms with Gasteiger partial charge in [0.15, 0.2) is 0 Å². The van der Waals surface area contributed by atoms with Crippen molar-refractivity contribution in [2.75, 3.05) is 5.32 Å². The zero-order chi connectivity index (χ0) is 13.0. The average Bonchev–Trinajstić information content (AvgIpc) is 2.40. The lowest BCUT2D eigenvalue weighted by Crippen LogP contribution is -2.14. The third kappa shape index (κ3) is 2.70. The van der Waals surface area contributed by atoms with Gasteiger partial charge in [-0.3, -0.25) is 4.79 Å². The second-order valence-electron chi connectivity index (χ2n) is 3.69. The summed E-state index contributed by atoms with van der Waals surface area (Å²) in [6.45, 7) is 0.383.